The Morgan fingerprint density at radius 2 is 1.76 bits per heavy atom. The van der Waals surface area contributed by atoms with Crippen molar-refractivity contribution < 1.29 is 9.31 Å². The van der Waals surface area contributed by atoms with Gasteiger partial charge in [-0.25, -0.2) is 0 Å². The van der Waals surface area contributed by atoms with Gasteiger partial charge in [0.2, 0.25) is 0 Å². The summed E-state index contributed by atoms with van der Waals surface area (Å²) in [5, 5.41) is 7.67. The summed E-state index contributed by atoms with van der Waals surface area (Å²) in [6, 6.07) is 0. The maximum Gasteiger partial charge on any atom is 0.465 e. The number of allylic oxidation sites excluding steroid dienone is 2. The molecule has 0 aromatic rings. The zero-order chi connectivity index (χ0) is 12.8. The summed E-state index contributed by atoms with van der Waals surface area (Å²) >= 11 is 0. The van der Waals surface area contributed by atoms with E-state index < -0.39 is 0 Å². The Bertz CT molecular complexity index is 346. The Kier molecular flexibility index (Phi) is 2.99. The van der Waals surface area contributed by atoms with Crippen LogP contribution in [0.3, 0.4) is 0 Å². The largest absolute Gasteiger partial charge is 0.465 e. The molecule has 0 aromatic carbocycles. The molecule has 1 N–H and O–H groups in total. The maximum absolute atomic E-state index is 7.67. The third kappa shape index (κ3) is 2.20. The van der Waals surface area contributed by atoms with Crippen LogP contribution in [0.15, 0.2) is 12.2 Å². The summed E-state index contributed by atoms with van der Waals surface area (Å²) in [7, 11) is -0.181. The van der Waals surface area contributed by atoms with Gasteiger partial charge >= 0.3 is 7.12 Å². The SMILES string of the molecule is CC1CC(=N)C=CC1B1OC(C)(C)C(C)(C)O1. The molecule has 17 heavy (non-hydrogen) atoms. The van der Waals surface area contributed by atoms with E-state index in [1.807, 2.05) is 6.08 Å². The highest BCUT2D eigenvalue weighted by Gasteiger charge is 2.54. The van der Waals surface area contributed by atoms with Crippen LogP contribution in [-0.4, -0.2) is 24.0 Å². The van der Waals surface area contributed by atoms with Crippen LogP contribution < -0.4 is 0 Å². The first-order chi connectivity index (χ1) is 7.73. The van der Waals surface area contributed by atoms with Gasteiger partial charge in [-0.05, 0) is 46.1 Å². The van der Waals surface area contributed by atoms with E-state index >= 15 is 0 Å². The summed E-state index contributed by atoms with van der Waals surface area (Å²) in [5.74, 6) is 0.660. The summed E-state index contributed by atoms with van der Waals surface area (Å²) in [5.41, 5.74) is 0.164. The molecule has 3 nitrogen and oxygen atoms in total. The first kappa shape index (κ1) is 12.8. The molecule has 1 aliphatic carbocycles. The predicted octanol–water partition coefficient (Wildman–Crippen LogP) is 3.06. The van der Waals surface area contributed by atoms with Crippen molar-refractivity contribution in [1.82, 2.24) is 0 Å². The van der Waals surface area contributed by atoms with Gasteiger partial charge in [-0.2, -0.15) is 0 Å². The standard InChI is InChI=1S/C13H22BNO2/c1-9-8-10(15)6-7-11(9)14-16-12(2,3)13(4,5)17-14/h6-7,9,11,15H,8H2,1-5H3. The minimum Gasteiger partial charge on any atom is -0.403 e. The van der Waals surface area contributed by atoms with E-state index in [0.717, 1.165) is 6.42 Å². The van der Waals surface area contributed by atoms with Gasteiger partial charge in [0.15, 0.2) is 0 Å². The van der Waals surface area contributed by atoms with Crippen LogP contribution in [0, 0.1) is 11.3 Å². The fourth-order valence-electron chi connectivity index (χ4n) is 2.37. The Hall–Kier alpha value is -0.605. The lowest BCUT2D eigenvalue weighted by Crippen LogP contribution is -2.41. The first-order valence-electron chi connectivity index (χ1n) is 6.34. The van der Waals surface area contributed by atoms with Gasteiger partial charge in [0.25, 0.3) is 0 Å². The lowest BCUT2D eigenvalue weighted by Gasteiger charge is -2.32. The second kappa shape index (κ2) is 3.96. The molecule has 1 saturated heterocycles. The molecule has 1 aliphatic heterocycles. The Balaban J connectivity index is 2.16. The molecule has 0 radical (unpaired) electrons. The molecule has 2 atom stereocenters. The number of hydrogen-bond acceptors (Lipinski definition) is 3. The van der Waals surface area contributed by atoms with Gasteiger partial charge in [0.05, 0.1) is 11.2 Å². The minimum absolute atomic E-state index is 0.181. The molecule has 2 rings (SSSR count). The van der Waals surface area contributed by atoms with Crippen molar-refractivity contribution in [3.05, 3.63) is 12.2 Å². The maximum atomic E-state index is 7.67. The van der Waals surface area contributed by atoms with Gasteiger partial charge in [0, 0.05) is 11.5 Å². The highest BCUT2D eigenvalue weighted by Crippen LogP contribution is 2.43. The molecule has 0 saturated carbocycles. The van der Waals surface area contributed by atoms with Crippen molar-refractivity contribution in [2.45, 2.75) is 58.1 Å². The van der Waals surface area contributed by atoms with Crippen molar-refractivity contribution in [2.24, 2.45) is 5.92 Å². The van der Waals surface area contributed by atoms with Crippen LogP contribution in [-0.2, 0) is 9.31 Å². The van der Waals surface area contributed by atoms with Crippen LogP contribution in [0.5, 0.6) is 0 Å². The summed E-state index contributed by atoms with van der Waals surface area (Å²) < 4.78 is 12.1. The molecule has 94 valence electrons. The fraction of sp³-hybridized carbons (Fsp3) is 0.769. The molecular formula is C13H22BNO2. The van der Waals surface area contributed by atoms with Crippen molar-refractivity contribution >= 4 is 12.8 Å². The zero-order valence-corrected chi connectivity index (χ0v) is 11.4. The molecule has 1 fully saturated rings. The quantitative estimate of drug-likeness (QED) is 0.709. The van der Waals surface area contributed by atoms with Crippen LogP contribution in [0.1, 0.15) is 41.0 Å². The van der Waals surface area contributed by atoms with Crippen molar-refractivity contribution in [3.63, 3.8) is 0 Å². The summed E-state index contributed by atoms with van der Waals surface area (Å²) in [4.78, 5) is 0. The topological polar surface area (TPSA) is 42.3 Å². The van der Waals surface area contributed by atoms with E-state index in [4.69, 9.17) is 14.7 Å². The second-order valence-corrected chi connectivity index (χ2v) is 6.27. The number of hydrogen-bond donors (Lipinski definition) is 1. The number of rotatable bonds is 1. The molecule has 2 unspecified atom stereocenters. The summed E-state index contributed by atoms with van der Waals surface area (Å²) in [6.45, 7) is 10.5. The van der Waals surface area contributed by atoms with Crippen LogP contribution >= 0.6 is 0 Å². The Labute approximate surface area is 104 Å². The minimum atomic E-state index is -0.268. The molecule has 0 aromatic heterocycles. The monoisotopic (exact) mass is 235 g/mol. The highest BCUT2D eigenvalue weighted by atomic mass is 16.7. The van der Waals surface area contributed by atoms with Crippen LogP contribution in [0.2, 0.25) is 5.82 Å². The molecule has 2 aliphatic rings. The Morgan fingerprint density at radius 3 is 2.24 bits per heavy atom. The van der Waals surface area contributed by atoms with E-state index in [1.54, 1.807) is 0 Å². The van der Waals surface area contributed by atoms with Crippen LogP contribution in [0.25, 0.3) is 0 Å². The average Bonchev–Trinajstić information content (AvgIpc) is 2.35. The van der Waals surface area contributed by atoms with Crippen molar-refractivity contribution in [1.29, 1.82) is 5.41 Å². The van der Waals surface area contributed by atoms with Crippen LogP contribution in [0.4, 0.5) is 0 Å². The highest BCUT2D eigenvalue weighted by molar-refractivity contribution is 6.48. The summed E-state index contributed by atoms with van der Waals surface area (Å²) in [6.07, 6.45) is 4.76. The molecule has 0 amide bonds. The van der Waals surface area contributed by atoms with Gasteiger partial charge in [-0.1, -0.05) is 13.0 Å². The second-order valence-electron chi connectivity index (χ2n) is 6.27. The van der Waals surface area contributed by atoms with E-state index in [9.17, 15) is 0 Å². The third-order valence-corrected chi connectivity index (χ3v) is 4.30. The van der Waals surface area contributed by atoms with Gasteiger partial charge < -0.3 is 14.7 Å². The zero-order valence-electron chi connectivity index (χ0n) is 11.4. The molecule has 0 spiro atoms. The first-order valence-corrected chi connectivity index (χ1v) is 6.34. The molecule has 0 bridgehead atoms. The molecular weight excluding hydrogens is 213 g/mol. The number of nitrogens with one attached hydrogen (secondary N) is 1. The van der Waals surface area contributed by atoms with Gasteiger partial charge in [0.1, 0.15) is 0 Å². The van der Waals surface area contributed by atoms with Crippen molar-refractivity contribution in [2.75, 3.05) is 0 Å². The van der Waals surface area contributed by atoms with Crippen molar-refractivity contribution in [3.8, 4) is 0 Å². The van der Waals surface area contributed by atoms with E-state index in [-0.39, 0.29) is 24.1 Å². The molecule has 4 heteroatoms. The van der Waals surface area contributed by atoms with Gasteiger partial charge in [-0.15, -0.1) is 0 Å². The van der Waals surface area contributed by atoms with Gasteiger partial charge in [-0.3, -0.25) is 0 Å². The van der Waals surface area contributed by atoms with E-state index in [1.165, 1.54) is 0 Å². The smallest absolute Gasteiger partial charge is 0.403 e. The lowest BCUT2D eigenvalue weighted by atomic mass is 9.62. The Morgan fingerprint density at radius 1 is 1.24 bits per heavy atom. The normalized spacial score (nSPS) is 35.4. The molecule has 1 heterocycles. The van der Waals surface area contributed by atoms with E-state index in [0.29, 0.717) is 11.6 Å². The average molecular weight is 235 g/mol. The third-order valence-electron chi connectivity index (χ3n) is 4.30. The van der Waals surface area contributed by atoms with E-state index in [2.05, 4.69) is 40.7 Å². The lowest BCUT2D eigenvalue weighted by molar-refractivity contribution is 0.00578. The fourth-order valence-corrected chi connectivity index (χ4v) is 2.37. The predicted molar refractivity (Wildman–Crippen MR) is 70.5 cm³/mol.